The maximum absolute atomic E-state index is 16.0. The van der Waals surface area contributed by atoms with Crippen LogP contribution in [-0.2, 0) is 25.2 Å². The van der Waals surface area contributed by atoms with Crippen LogP contribution in [0.3, 0.4) is 0 Å². The third-order valence-corrected chi connectivity index (χ3v) is 10.5. The zero-order valence-corrected chi connectivity index (χ0v) is 26.8. The van der Waals surface area contributed by atoms with Crippen molar-refractivity contribution in [2.75, 3.05) is 19.1 Å². The number of anilines is 1. The van der Waals surface area contributed by atoms with Crippen molar-refractivity contribution in [3.63, 3.8) is 0 Å². The van der Waals surface area contributed by atoms with E-state index in [-0.39, 0.29) is 17.6 Å². The molecule has 1 aliphatic heterocycles. The first-order chi connectivity index (χ1) is 23.4. The Labute approximate surface area is 279 Å². The fourth-order valence-electron chi connectivity index (χ4n) is 8.66. The van der Waals surface area contributed by atoms with Crippen molar-refractivity contribution in [1.29, 1.82) is 0 Å². The molecule has 6 heteroatoms. The van der Waals surface area contributed by atoms with Crippen molar-refractivity contribution in [2.24, 2.45) is 11.8 Å². The molecule has 2 amide bonds. The van der Waals surface area contributed by atoms with E-state index >= 15 is 14.4 Å². The van der Waals surface area contributed by atoms with Gasteiger partial charge in [-0.05, 0) is 82.3 Å². The topological polar surface area (TPSA) is 72.9 Å². The Kier molecular flexibility index (Phi) is 6.74. The minimum Gasteiger partial charge on any atom is -0.497 e. The number of hydrogen-bond donors (Lipinski definition) is 0. The molecule has 6 nitrogen and oxygen atoms in total. The Morgan fingerprint density at radius 3 is 1.38 bits per heavy atom. The lowest BCUT2D eigenvalue weighted by Gasteiger charge is -2.39. The molecule has 1 saturated heterocycles. The molecule has 5 aromatic rings. The predicted molar refractivity (Wildman–Crippen MR) is 185 cm³/mol. The number of imide groups is 1. The van der Waals surface area contributed by atoms with Gasteiger partial charge in [-0.3, -0.25) is 14.4 Å². The lowest BCUT2D eigenvalue weighted by molar-refractivity contribution is -0.130. The number of rotatable bonds is 7. The van der Waals surface area contributed by atoms with E-state index in [2.05, 4.69) is 0 Å². The third kappa shape index (κ3) is 3.77. The van der Waals surface area contributed by atoms with Crippen molar-refractivity contribution in [1.82, 2.24) is 0 Å². The number of carbonyl (C=O) groups excluding carboxylic acids is 3. The fraction of sp³-hybridized carbons (Fsp3) is 0.167. The number of carbonyl (C=O) groups is 3. The Balaban J connectivity index is 1.55. The number of nitrogens with zero attached hydrogens (tertiary/aromatic N) is 1. The van der Waals surface area contributed by atoms with Gasteiger partial charge in [-0.1, -0.05) is 97.1 Å². The molecule has 48 heavy (non-hydrogen) atoms. The Hall–Kier alpha value is -5.75. The monoisotopic (exact) mass is 631 g/mol. The second-order valence-electron chi connectivity index (χ2n) is 12.7. The molecule has 0 spiro atoms. The number of Topliss-reactive ketones (excluding diaryl/α,β-unsaturated/α-hetero) is 1. The van der Waals surface area contributed by atoms with E-state index in [0.29, 0.717) is 28.3 Å². The molecule has 2 aliphatic carbocycles. The molecule has 2 bridgehead atoms. The minimum atomic E-state index is -1.48. The first-order valence-corrected chi connectivity index (χ1v) is 16.0. The number of methoxy groups -OCH3 is 2. The Morgan fingerprint density at radius 1 is 0.542 bits per heavy atom. The average Bonchev–Trinajstić information content (AvgIpc) is 3.64. The number of ketones is 1. The summed E-state index contributed by atoms with van der Waals surface area (Å²) in [6, 6.07) is 41.8. The van der Waals surface area contributed by atoms with Gasteiger partial charge in [-0.15, -0.1) is 0 Å². The molecule has 0 radical (unpaired) electrons. The van der Waals surface area contributed by atoms with E-state index in [1.165, 1.54) is 4.90 Å². The molecule has 3 aliphatic rings. The molecule has 8 rings (SSSR count). The van der Waals surface area contributed by atoms with Crippen molar-refractivity contribution < 1.29 is 23.9 Å². The lowest BCUT2D eigenvalue weighted by Crippen LogP contribution is -2.45. The predicted octanol–water partition coefficient (Wildman–Crippen LogP) is 7.20. The first kappa shape index (κ1) is 29.6. The highest BCUT2D eigenvalue weighted by Crippen LogP contribution is 2.74. The first-order valence-electron chi connectivity index (χ1n) is 16.0. The zero-order chi connectivity index (χ0) is 33.2. The standard InChI is InChI=1S/C42H33NO5/c1-26-11-10-16-31(25-26)43-38(44)36-37(39(43)45)42(30-14-8-5-9-15-30)35(28-19-23-33(48-3)24-20-28)34(27-17-21-32(47-2)22-18-27)41(36,40(42)46)29-12-6-4-7-13-29/h4-25,36-37H,1-3H3/t36-,37+,41-,42-/m1/s1. The van der Waals surface area contributed by atoms with Gasteiger partial charge in [0.05, 0.1) is 42.6 Å². The van der Waals surface area contributed by atoms with Crippen LogP contribution in [0.15, 0.2) is 133 Å². The van der Waals surface area contributed by atoms with Crippen molar-refractivity contribution in [2.45, 2.75) is 17.8 Å². The van der Waals surface area contributed by atoms with Gasteiger partial charge in [0.15, 0.2) is 5.78 Å². The van der Waals surface area contributed by atoms with Crippen LogP contribution in [0.25, 0.3) is 11.1 Å². The summed E-state index contributed by atoms with van der Waals surface area (Å²) in [6.45, 7) is 1.94. The molecule has 0 N–H and O–H groups in total. The SMILES string of the molecule is COc1ccc(C2=C(c3ccc(OC)cc3)[C@@]3(c4ccccc4)C(=O)[C@@]2(c2ccccc2)[C@@H]2C(=O)N(c4cccc(C)c4)C(=O)[C@@H]23)cc1. The van der Waals surface area contributed by atoms with Crippen LogP contribution in [-0.4, -0.2) is 31.8 Å². The summed E-state index contributed by atoms with van der Waals surface area (Å²) in [6.07, 6.45) is 0. The summed E-state index contributed by atoms with van der Waals surface area (Å²) < 4.78 is 11.0. The maximum Gasteiger partial charge on any atom is 0.239 e. The van der Waals surface area contributed by atoms with Gasteiger partial charge >= 0.3 is 0 Å². The summed E-state index contributed by atoms with van der Waals surface area (Å²) in [5, 5.41) is 0. The van der Waals surface area contributed by atoms with Gasteiger partial charge in [0.1, 0.15) is 11.5 Å². The fourth-order valence-corrected chi connectivity index (χ4v) is 8.66. The van der Waals surface area contributed by atoms with E-state index in [4.69, 9.17) is 9.47 Å². The molecule has 2 fully saturated rings. The number of fused-ring (bicyclic) bond motifs is 5. The molecule has 236 valence electrons. The van der Waals surface area contributed by atoms with E-state index in [0.717, 1.165) is 27.8 Å². The second-order valence-corrected chi connectivity index (χ2v) is 12.7. The highest BCUT2D eigenvalue weighted by molar-refractivity contribution is 6.39. The molecule has 0 aromatic heterocycles. The Bertz CT molecular complexity index is 1990. The summed E-state index contributed by atoms with van der Waals surface area (Å²) in [4.78, 5) is 47.5. The second kappa shape index (κ2) is 10.9. The third-order valence-electron chi connectivity index (χ3n) is 10.5. The highest BCUT2D eigenvalue weighted by Gasteiger charge is 2.82. The zero-order valence-electron chi connectivity index (χ0n) is 26.8. The molecule has 1 heterocycles. The van der Waals surface area contributed by atoms with Gasteiger partial charge < -0.3 is 9.47 Å². The molecular weight excluding hydrogens is 598 g/mol. The van der Waals surface area contributed by atoms with Crippen LogP contribution < -0.4 is 14.4 Å². The van der Waals surface area contributed by atoms with Gasteiger partial charge in [-0.25, -0.2) is 4.90 Å². The average molecular weight is 632 g/mol. The molecular formula is C42H33NO5. The highest BCUT2D eigenvalue weighted by atomic mass is 16.5. The summed E-state index contributed by atoms with van der Waals surface area (Å²) in [5.41, 5.74) is 2.87. The van der Waals surface area contributed by atoms with E-state index in [1.54, 1.807) is 20.3 Å². The Morgan fingerprint density at radius 2 is 0.979 bits per heavy atom. The minimum absolute atomic E-state index is 0.162. The molecule has 1 saturated carbocycles. The van der Waals surface area contributed by atoms with Crippen LogP contribution in [0.4, 0.5) is 5.69 Å². The normalized spacial score (nSPS) is 24.3. The number of amides is 2. The number of ether oxygens (including phenoxy) is 2. The van der Waals surface area contributed by atoms with Gasteiger partial charge in [0.25, 0.3) is 0 Å². The van der Waals surface area contributed by atoms with Gasteiger partial charge in [0.2, 0.25) is 11.8 Å². The van der Waals surface area contributed by atoms with E-state index < -0.39 is 22.7 Å². The largest absolute Gasteiger partial charge is 0.497 e. The van der Waals surface area contributed by atoms with E-state index in [9.17, 15) is 0 Å². The lowest BCUT2D eigenvalue weighted by atomic mass is 9.59. The van der Waals surface area contributed by atoms with Crippen LogP contribution >= 0.6 is 0 Å². The number of allylic oxidation sites excluding steroid dienone is 2. The number of aryl methyl sites for hydroxylation is 1. The number of benzene rings is 5. The molecule has 4 atom stereocenters. The smallest absolute Gasteiger partial charge is 0.239 e. The summed E-state index contributed by atoms with van der Waals surface area (Å²) in [5.74, 6) is -1.54. The van der Waals surface area contributed by atoms with Gasteiger partial charge in [-0.2, -0.15) is 0 Å². The summed E-state index contributed by atoms with van der Waals surface area (Å²) >= 11 is 0. The maximum atomic E-state index is 16.0. The van der Waals surface area contributed by atoms with Crippen molar-refractivity contribution in [3.8, 4) is 11.5 Å². The quantitative estimate of drug-likeness (QED) is 0.178. The van der Waals surface area contributed by atoms with Crippen LogP contribution in [0.2, 0.25) is 0 Å². The van der Waals surface area contributed by atoms with Crippen LogP contribution in [0, 0.1) is 18.8 Å². The number of hydrogen-bond acceptors (Lipinski definition) is 5. The molecule has 5 aromatic carbocycles. The summed E-state index contributed by atoms with van der Waals surface area (Å²) in [7, 11) is 3.22. The van der Waals surface area contributed by atoms with E-state index in [1.807, 2.05) is 134 Å². The van der Waals surface area contributed by atoms with Crippen LogP contribution in [0.1, 0.15) is 27.8 Å². The van der Waals surface area contributed by atoms with Gasteiger partial charge in [0, 0.05) is 0 Å². The van der Waals surface area contributed by atoms with Crippen LogP contribution in [0.5, 0.6) is 11.5 Å². The molecule has 0 unspecified atom stereocenters. The van der Waals surface area contributed by atoms with Crippen molar-refractivity contribution >= 4 is 34.4 Å². The van der Waals surface area contributed by atoms with Crippen molar-refractivity contribution in [3.05, 3.63) is 161 Å².